The van der Waals surface area contributed by atoms with E-state index in [1.54, 1.807) is 25.2 Å². The van der Waals surface area contributed by atoms with Gasteiger partial charge in [-0.15, -0.1) is 0 Å². The number of nitrogens with zero attached hydrogens (tertiary/aromatic N) is 5. The van der Waals surface area contributed by atoms with Crippen LogP contribution in [-0.2, 0) is 7.05 Å². The Morgan fingerprint density at radius 1 is 1.14 bits per heavy atom. The Morgan fingerprint density at radius 2 is 1.83 bits per heavy atom. The van der Waals surface area contributed by atoms with Crippen molar-refractivity contribution >= 4 is 34.0 Å². The molecule has 2 aliphatic carbocycles. The summed E-state index contributed by atoms with van der Waals surface area (Å²) in [4.78, 5) is 22.0. The third-order valence-corrected chi connectivity index (χ3v) is 8.14. The van der Waals surface area contributed by atoms with Crippen LogP contribution in [0.1, 0.15) is 49.7 Å². The van der Waals surface area contributed by atoms with E-state index in [4.69, 9.17) is 11.6 Å². The predicted molar refractivity (Wildman–Crippen MR) is 142 cm³/mol. The molecule has 0 spiro atoms. The maximum atomic E-state index is 14.2. The lowest BCUT2D eigenvalue weighted by Crippen LogP contribution is -2.45. The molecule has 0 radical (unpaired) electrons. The molecule has 0 saturated heterocycles. The average molecular weight is 508 g/mol. The summed E-state index contributed by atoms with van der Waals surface area (Å²) in [6, 6.07) is 11.1. The maximum absolute atomic E-state index is 14.2. The summed E-state index contributed by atoms with van der Waals surface area (Å²) in [5.74, 6) is 0.492. The van der Waals surface area contributed by atoms with Crippen LogP contribution < -0.4 is 15.4 Å². The zero-order valence-electron chi connectivity index (χ0n) is 21.0. The number of fused-ring (bicyclic) bond motifs is 1. The number of rotatable bonds is 6. The normalized spacial score (nSPS) is 19.8. The van der Waals surface area contributed by atoms with E-state index in [0.29, 0.717) is 33.8 Å². The number of pyridine rings is 2. The molecule has 188 valence electrons. The Morgan fingerprint density at radius 3 is 2.50 bits per heavy atom. The van der Waals surface area contributed by atoms with Gasteiger partial charge in [-0.1, -0.05) is 17.7 Å². The van der Waals surface area contributed by atoms with Gasteiger partial charge in [0, 0.05) is 38.4 Å². The van der Waals surface area contributed by atoms with Gasteiger partial charge in [0.15, 0.2) is 0 Å². The first-order valence-electron chi connectivity index (χ1n) is 12.6. The highest BCUT2D eigenvalue weighted by Gasteiger charge is 2.34. The van der Waals surface area contributed by atoms with Crippen molar-refractivity contribution in [2.24, 2.45) is 13.0 Å². The molecule has 0 atom stereocenters. The number of hydrogen-bond donors (Lipinski definition) is 0. The van der Waals surface area contributed by atoms with Crippen molar-refractivity contribution < 1.29 is 4.39 Å². The molecule has 0 aliphatic heterocycles. The molecule has 3 aromatic rings. The molecule has 2 heterocycles. The van der Waals surface area contributed by atoms with Gasteiger partial charge in [-0.25, -0.2) is 9.37 Å². The first kappa shape index (κ1) is 24.6. The Labute approximate surface area is 215 Å². The van der Waals surface area contributed by atoms with Gasteiger partial charge >= 0.3 is 0 Å². The fourth-order valence-electron chi connectivity index (χ4n) is 5.67. The highest BCUT2D eigenvalue weighted by atomic mass is 35.5. The monoisotopic (exact) mass is 507 g/mol. The Hall–Kier alpha value is -3.11. The number of benzene rings is 1. The highest BCUT2D eigenvalue weighted by molar-refractivity contribution is 6.29. The van der Waals surface area contributed by atoms with Crippen molar-refractivity contribution in [1.82, 2.24) is 9.55 Å². The number of aryl methyl sites for hydroxylation is 2. The number of anilines is 2. The van der Waals surface area contributed by atoms with Gasteiger partial charge in [0.1, 0.15) is 28.1 Å². The van der Waals surface area contributed by atoms with E-state index in [0.717, 1.165) is 43.5 Å². The van der Waals surface area contributed by atoms with Gasteiger partial charge in [0.25, 0.3) is 5.56 Å². The Bertz CT molecular complexity index is 1400. The van der Waals surface area contributed by atoms with E-state index >= 15 is 0 Å². The van der Waals surface area contributed by atoms with Gasteiger partial charge in [-0.2, -0.15) is 5.26 Å². The summed E-state index contributed by atoms with van der Waals surface area (Å²) in [5, 5.41) is 10.2. The predicted octanol–water partition coefficient (Wildman–Crippen LogP) is 5.57. The molecule has 2 aromatic heterocycles. The first-order chi connectivity index (χ1) is 17.3. The second-order valence-corrected chi connectivity index (χ2v) is 10.7. The van der Waals surface area contributed by atoms with Gasteiger partial charge < -0.3 is 14.4 Å². The molecular weight excluding hydrogens is 477 g/mol. The van der Waals surface area contributed by atoms with Gasteiger partial charge in [0.05, 0.1) is 11.2 Å². The van der Waals surface area contributed by atoms with E-state index in [2.05, 4.69) is 27.8 Å². The zero-order valence-corrected chi connectivity index (χ0v) is 21.7. The van der Waals surface area contributed by atoms with E-state index < -0.39 is 0 Å². The van der Waals surface area contributed by atoms with Gasteiger partial charge in [-0.3, -0.25) is 4.79 Å². The molecule has 36 heavy (non-hydrogen) atoms. The molecule has 0 N–H and O–H groups in total. The van der Waals surface area contributed by atoms with Crippen LogP contribution in [0, 0.1) is 30.0 Å². The van der Waals surface area contributed by atoms with Crippen LogP contribution in [-0.4, -0.2) is 35.2 Å². The van der Waals surface area contributed by atoms with Crippen LogP contribution in [0.4, 0.5) is 15.8 Å². The second kappa shape index (κ2) is 9.74. The SMILES string of the molecule is Cc1ccc(F)cc1N(CC1CC1)C1CCC(N(C)c2c(C#N)c(=O)n(C)c3ccc(Cl)nc23)CC1. The van der Waals surface area contributed by atoms with Crippen LogP contribution >= 0.6 is 11.6 Å². The van der Waals surface area contributed by atoms with Crippen LogP contribution in [0.5, 0.6) is 0 Å². The van der Waals surface area contributed by atoms with Crippen molar-refractivity contribution in [2.45, 2.75) is 57.5 Å². The summed E-state index contributed by atoms with van der Waals surface area (Å²) >= 11 is 6.22. The van der Waals surface area contributed by atoms with Crippen LogP contribution in [0.2, 0.25) is 5.15 Å². The molecule has 2 fully saturated rings. The highest BCUT2D eigenvalue weighted by Crippen LogP contribution is 2.38. The minimum Gasteiger partial charge on any atom is -0.369 e. The minimum absolute atomic E-state index is 0.0927. The number of aromatic nitrogens is 2. The van der Waals surface area contributed by atoms with Crippen molar-refractivity contribution in [1.29, 1.82) is 5.26 Å². The Balaban J connectivity index is 1.43. The molecule has 0 amide bonds. The first-order valence-corrected chi connectivity index (χ1v) is 13.0. The topological polar surface area (TPSA) is 65.2 Å². The summed E-state index contributed by atoms with van der Waals surface area (Å²) in [5.41, 5.74) is 3.63. The maximum Gasteiger partial charge on any atom is 0.270 e. The molecule has 8 heteroatoms. The number of hydrogen-bond acceptors (Lipinski definition) is 5. The molecule has 6 nitrogen and oxygen atoms in total. The molecule has 2 aliphatic rings. The third-order valence-electron chi connectivity index (χ3n) is 7.93. The van der Waals surface area contributed by atoms with E-state index in [1.165, 1.54) is 23.5 Å². The molecular formula is C28H31ClFN5O. The summed E-state index contributed by atoms with van der Waals surface area (Å²) < 4.78 is 15.6. The zero-order chi connectivity index (χ0) is 25.6. The van der Waals surface area contributed by atoms with Crippen molar-refractivity contribution in [3.05, 3.63) is 62.8 Å². The lowest BCUT2D eigenvalue weighted by molar-refractivity contribution is 0.364. The van der Waals surface area contributed by atoms with Crippen LogP contribution in [0.25, 0.3) is 11.0 Å². The summed E-state index contributed by atoms with van der Waals surface area (Å²) in [7, 11) is 3.60. The molecule has 0 unspecified atom stereocenters. The fraction of sp³-hybridized carbons (Fsp3) is 0.464. The van der Waals surface area contributed by atoms with E-state index in [1.807, 2.05) is 13.1 Å². The quantitative estimate of drug-likeness (QED) is 0.408. The number of nitriles is 1. The molecule has 1 aromatic carbocycles. The molecule has 2 saturated carbocycles. The lowest BCUT2D eigenvalue weighted by atomic mass is 9.88. The largest absolute Gasteiger partial charge is 0.369 e. The summed E-state index contributed by atoms with van der Waals surface area (Å²) in [6.07, 6.45) is 6.20. The third kappa shape index (κ3) is 4.55. The van der Waals surface area contributed by atoms with E-state index in [9.17, 15) is 14.4 Å². The fourth-order valence-corrected chi connectivity index (χ4v) is 5.82. The minimum atomic E-state index is -0.332. The van der Waals surface area contributed by atoms with Crippen LogP contribution in [0.15, 0.2) is 35.1 Å². The van der Waals surface area contributed by atoms with Crippen molar-refractivity contribution in [3.63, 3.8) is 0 Å². The lowest BCUT2D eigenvalue weighted by Gasteiger charge is -2.42. The smallest absolute Gasteiger partial charge is 0.270 e. The van der Waals surface area contributed by atoms with Crippen molar-refractivity contribution in [2.75, 3.05) is 23.4 Å². The summed E-state index contributed by atoms with van der Waals surface area (Å²) in [6.45, 7) is 3.02. The molecule has 0 bridgehead atoms. The van der Waals surface area contributed by atoms with Crippen molar-refractivity contribution in [3.8, 4) is 6.07 Å². The van der Waals surface area contributed by atoms with Gasteiger partial charge in [-0.05, 0) is 81.2 Å². The second-order valence-electron chi connectivity index (χ2n) is 10.3. The number of halogens is 2. The standard InChI is InChI=1S/C28H31ClFN5O/c1-17-4-7-19(30)14-24(17)35(16-18-5-6-18)21-10-8-20(9-11-21)33(2)27-22(15-31)28(36)34(3)23-12-13-25(29)32-26(23)27/h4,7,12-14,18,20-21H,5-6,8-11,16H2,1-3H3. The molecule has 5 rings (SSSR count). The van der Waals surface area contributed by atoms with Crippen LogP contribution in [0.3, 0.4) is 0 Å². The van der Waals surface area contributed by atoms with Gasteiger partial charge in [0.2, 0.25) is 0 Å². The van der Waals surface area contributed by atoms with E-state index in [-0.39, 0.29) is 23.0 Å². The Kier molecular flexibility index (Phi) is 6.65. The average Bonchev–Trinajstić information content (AvgIpc) is 3.70.